The van der Waals surface area contributed by atoms with Gasteiger partial charge in [-0.25, -0.2) is 0 Å². The molecule has 3 aromatic rings. The number of fused-ring (bicyclic) bond motifs is 1. The van der Waals surface area contributed by atoms with Gasteiger partial charge < -0.3 is 9.52 Å². The van der Waals surface area contributed by atoms with E-state index in [0.717, 1.165) is 0 Å². The molecule has 0 aliphatic rings. The van der Waals surface area contributed by atoms with E-state index in [-0.39, 0.29) is 17.2 Å². The lowest BCUT2D eigenvalue weighted by Gasteiger charge is -2.06. The summed E-state index contributed by atoms with van der Waals surface area (Å²) in [6, 6.07) is 7.22. The number of hydrogen-bond donors (Lipinski definition) is 1. The maximum Gasteiger partial charge on any atom is 0.273 e. The predicted molar refractivity (Wildman–Crippen MR) is 99.2 cm³/mol. The zero-order chi connectivity index (χ0) is 18.3. The van der Waals surface area contributed by atoms with Gasteiger partial charge in [0.25, 0.3) is 5.69 Å². The summed E-state index contributed by atoms with van der Waals surface area (Å²) < 4.78 is 6.43. The number of phenolic OH excluding ortho intramolecular Hbond substituents is 1. The summed E-state index contributed by atoms with van der Waals surface area (Å²) in [5, 5.41) is 21.3. The molecule has 25 heavy (non-hydrogen) atoms. The quantitative estimate of drug-likeness (QED) is 0.315. The monoisotopic (exact) mass is 467 g/mol. The molecule has 1 heterocycles. The number of aryl methyl sites for hydroxylation is 1. The average Bonchev–Trinajstić information content (AvgIpc) is 2.96. The Balaban J connectivity index is 2.20. The molecule has 0 aliphatic heterocycles. The molecule has 0 fully saturated rings. The fourth-order valence-corrected chi connectivity index (χ4v) is 3.77. The van der Waals surface area contributed by atoms with E-state index in [1.165, 1.54) is 30.3 Å². The molecule has 0 bridgehead atoms. The molecule has 6 nitrogen and oxygen atoms in total. The normalized spacial score (nSPS) is 11.0. The van der Waals surface area contributed by atoms with Gasteiger partial charge >= 0.3 is 0 Å². The number of carbonyl (C=O) groups excluding carboxylic acids is 1. The first-order chi connectivity index (χ1) is 11.8. The first kappa shape index (κ1) is 17.6. The maximum absolute atomic E-state index is 13.0. The number of nitro groups is 1. The van der Waals surface area contributed by atoms with Crippen LogP contribution in [0.3, 0.4) is 0 Å². The number of benzene rings is 2. The molecule has 8 heteroatoms. The number of rotatable bonds is 4. The lowest BCUT2D eigenvalue weighted by Crippen LogP contribution is -2.04. The summed E-state index contributed by atoms with van der Waals surface area (Å²) in [5.41, 5.74) is 0.925. The summed E-state index contributed by atoms with van der Waals surface area (Å²) >= 11 is 6.42. The van der Waals surface area contributed by atoms with Crippen LogP contribution in [0.4, 0.5) is 5.69 Å². The highest BCUT2D eigenvalue weighted by molar-refractivity contribution is 9.11. The second-order valence-electron chi connectivity index (χ2n) is 5.31. The summed E-state index contributed by atoms with van der Waals surface area (Å²) in [6.45, 7) is 1.84. The van der Waals surface area contributed by atoms with Crippen LogP contribution in [0.15, 0.2) is 43.7 Å². The SMILES string of the molecule is CCc1oc2cc([N+](=O)[O-])ccc2c1C(=O)c1cc(Br)c(O)c(Br)c1. The van der Waals surface area contributed by atoms with Crippen LogP contribution in [0, 0.1) is 10.1 Å². The van der Waals surface area contributed by atoms with Crippen molar-refractivity contribution < 1.29 is 19.2 Å². The molecule has 0 unspecified atom stereocenters. The number of nitro benzene ring substituents is 1. The molecule has 128 valence electrons. The van der Waals surface area contributed by atoms with Crippen molar-refractivity contribution in [1.29, 1.82) is 0 Å². The zero-order valence-corrected chi connectivity index (χ0v) is 16.0. The molecule has 0 spiro atoms. The smallest absolute Gasteiger partial charge is 0.273 e. The van der Waals surface area contributed by atoms with Crippen molar-refractivity contribution in [3.05, 3.63) is 66.3 Å². The lowest BCUT2D eigenvalue weighted by molar-refractivity contribution is -0.384. The number of hydrogen-bond acceptors (Lipinski definition) is 5. The van der Waals surface area contributed by atoms with E-state index in [9.17, 15) is 20.0 Å². The van der Waals surface area contributed by atoms with Gasteiger partial charge in [0.1, 0.15) is 17.1 Å². The molecule has 1 N–H and O–H groups in total. The van der Waals surface area contributed by atoms with Crippen LogP contribution in [0.25, 0.3) is 11.0 Å². The van der Waals surface area contributed by atoms with Crippen LogP contribution in [-0.4, -0.2) is 15.8 Å². The molecule has 0 atom stereocenters. The number of phenols is 1. The van der Waals surface area contributed by atoms with Gasteiger partial charge in [-0.3, -0.25) is 14.9 Å². The second-order valence-corrected chi connectivity index (χ2v) is 7.02. The van der Waals surface area contributed by atoms with E-state index in [2.05, 4.69) is 31.9 Å². The largest absolute Gasteiger partial charge is 0.506 e. The van der Waals surface area contributed by atoms with Crippen molar-refractivity contribution in [1.82, 2.24) is 0 Å². The van der Waals surface area contributed by atoms with Crippen LogP contribution in [0.5, 0.6) is 5.75 Å². The first-order valence-electron chi connectivity index (χ1n) is 7.26. The van der Waals surface area contributed by atoms with Crippen LogP contribution in [0.1, 0.15) is 28.6 Å². The Hall–Kier alpha value is -2.19. The van der Waals surface area contributed by atoms with E-state index in [0.29, 0.717) is 43.2 Å². The third-order valence-corrected chi connectivity index (χ3v) is 4.99. The van der Waals surface area contributed by atoms with Crippen molar-refractivity contribution in [2.75, 3.05) is 0 Å². The third-order valence-electron chi connectivity index (χ3n) is 3.78. The predicted octanol–water partition coefficient (Wildman–Crippen LogP) is 5.37. The number of aromatic hydroxyl groups is 1. The topological polar surface area (TPSA) is 93.6 Å². The van der Waals surface area contributed by atoms with Gasteiger partial charge in [0.2, 0.25) is 0 Å². The van der Waals surface area contributed by atoms with Gasteiger partial charge in [-0.1, -0.05) is 6.92 Å². The van der Waals surface area contributed by atoms with E-state index < -0.39 is 4.92 Å². The number of halogens is 2. The number of non-ortho nitro benzene ring substituents is 1. The number of nitrogens with zero attached hydrogens (tertiary/aromatic N) is 1. The minimum atomic E-state index is -0.511. The van der Waals surface area contributed by atoms with Gasteiger partial charge in [0.15, 0.2) is 5.78 Å². The van der Waals surface area contributed by atoms with Crippen molar-refractivity contribution in [3.8, 4) is 5.75 Å². The van der Waals surface area contributed by atoms with Gasteiger partial charge in [-0.15, -0.1) is 0 Å². The van der Waals surface area contributed by atoms with Crippen LogP contribution in [0.2, 0.25) is 0 Å². The molecule has 0 radical (unpaired) electrons. The Labute approximate surface area is 158 Å². The Morgan fingerprint density at radius 3 is 2.44 bits per heavy atom. The van der Waals surface area contributed by atoms with Crippen LogP contribution in [-0.2, 0) is 6.42 Å². The van der Waals surface area contributed by atoms with Crippen LogP contribution >= 0.6 is 31.9 Å². The van der Waals surface area contributed by atoms with Crippen molar-refractivity contribution in [2.45, 2.75) is 13.3 Å². The van der Waals surface area contributed by atoms with Gasteiger partial charge in [0.05, 0.1) is 25.5 Å². The molecule has 0 saturated heterocycles. The summed E-state index contributed by atoms with van der Waals surface area (Å²) in [7, 11) is 0. The molecular formula is C17H11Br2NO5. The summed E-state index contributed by atoms with van der Waals surface area (Å²) in [5.74, 6) is 0.173. The molecule has 3 rings (SSSR count). The lowest BCUT2D eigenvalue weighted by atomic mass is 9.99. The van der Waals surface area contributed by atoms with E-state index in [4.69, 9.17) is 4.42 Å². The molecule has 2 aromatic carbocycles. The number of ketones is 1. The van der Waals surface area contributed by atoms with Gasteiger partial charge in [-0.2, -0.15) is 0 Å². The van der Waals surface area contributed by atoms with Crippen LogP contribution < -0.4 is 0 Å². The Morgan fingerprint density at radius 2 is 1.88 bits per heavy atom. The van der Waals surface area contributed by atoms with Crippen molar-refractivity contribution >= 4 is 54.3 Å². The van der Waals surface area contributed by atoms with E-state index in [1.807, 2.05) is 6.92 Å². The Bertz CT molecular complexity index is 1000. The minimum absolute atomic E-state index is 0.0000542. The highest BCUT2D eigenvalue weighted by atomic mass is 79.9. The second kappa shape index (κ2) is 6.61. The third kappa shape index (κ3) is 3.07. The van der Waals surface area contributed by atoms with Crippen molar-refractivity contribution in [3.63, 3.8) is 0 Å². The minimum Gasteiger partial charge on any atom is -0.506 e. The standard InChI is InChI=1S/C17H11Br2NO5/c1-2-13-15(10-4-3-9(20(23)24)7-14(10)25-13)16(21)8-5-11(18)17(22)12(19)6-8/h3-7,22H,2H2,1H3. The maximum atomic E-state index is 13.0. The molecule has 0 amide bonds. The fourth-order valence-electron chi connectivity index (χ4n) is 2.59. The summed E-state index contributed by atoms with van der Waals surface area (Å²) in [4.78, 5) is 23.4. The number of furan rings is 1. The zero-order valence-electron chi connectivity index (χ0n) is 12.9. The summed E-state index contributed by atoms with van der Waals surface area (Å²) in [6.07, 6.45) is 0.462. The number of carbonyl (C=O) groups is 1. The Morgan fingerprint density at radius 1 is 1.24 bits per heavy atom. The Kier molecular flexibility index (Phi) is 4.66. The molecule has 1 aromatic heterocycles. The van der Waals surface area contributed by atoms with Gasteiger partial charge in [-0.05, 0) is 50.1 Å². The molecule has 0 saturated carbocycles. The molecular weight excluding hydrogens is 458 g/mol. The molecule has 0 aliphatic carbocycles. The average molecular weight is 469 g/mol. The van der Waals surface area contributed by atoms with Gasteiger partial charge in [0, 0.05) is 23.4 Å². The first-order valence-corrected chi connectivity index (χ1v) is 8.84. The van der Waals surface area contributed by atoms with E-state index >= 15 is 0 Å². The highest BCUT2D eigenvalue weighted by Crippen LogP contribution is 2.36. The fraction of sp³-hybridized carbons (Fsp3) is 0.118. The van der Waals surface area contributed by atoms with E-state index in [1.54, 1.807) is 0 Å². The van der Waals surface area contributed by atoms with Crippen molar-refractivity contribution in [2.24, 2.45) is 0 Å². The highest BCUT2D eigenvalue weighted by Gasteiger charge is 2.23.